The van der Waals surface area contributed by atoms with E-state index in [4.69, 9.17) is 37.0 Å². The summed E-state index contributed by atoms with van der Waals surface area (Å²) in [6.07, 6.45) is 84.0. The Kier molecular flexibility index (Phi) is 70.5. The van der Waals surface area contributed by atoms with Crippen LogP contribution in [0.5, 0.6) is 0 Å². The first-order valence-electron chi connectivity index (χ1n) is 39.1. The number of aliphatic hydroxyl groups excluding tert-OH is 1. The summed E-state index contributed by atoms with van der Waals surface area (Å²) < 4.78 is 68.5. The maximum absolute atomic E-state index is 13.1. The van der Waals surface area contributed by atoms with Gasteiger partial charge in [-0.15, -0.1) is 0 Å². The summed E-state index contributed by atoms with van der Waals surface area (Å²) >= 11 is 0. The quantitative estimate of drug-likeness (QED) is 0.0169. The number of carbonyl (C=O) groups excluding carboxylic acids is 4. The molecule has 5 atom stereocenters. The molecular weight excluding hydrogens is 1330 g/mol. The monoisotopic (exact) mass is 1470 g/mol. The van der Waals surface area contributed by atoms with E-state index in [0.29, 0.717) is 25.7 Å². The number of hydrogen-bond donors (Lipinski definition) is 3. The highest BCUT2D eigenvalue weighted by molar-refractivity contribution is 7.47. The van der Waals surface area contributed by atoms with Gasteiger partial charge in [0.15, 0.2) is 12.2 Å². The first-order chi connectivity index (χ1) is 49.7. The number of rotatable bonds is 72. The molecule has 0 aliphatic rings. The number of allylic oxidation sites excluding steroid dienone is 24. The predicted molar refractivity (Wildman–Crippen MR) is 417 cm³/mol. The Morgan fingerprint density at radius 2 is 0.510 bits per heavy atom. The number of hydrogen-bond acceptors (Lipinski definition) is 15. The highest BCUT2D eigenvalue weighted by Gasteiger charge is 2.30. The zero-order valence-corrected chi connectivity index (χ0v) is 65.3. The highest BCUT2D eigenvalue weighted by atomic mass is 31.2. The molecule has 19 heteroatoms. The number of unbranched alkanes of at least 4 members (excludes halogenated alkanes) is 22. The Hall–Kier alpha value is -5.06. The molecule has 102 heavy (non-hydrogen) atoms. The van der Waals surface area contributed by atoms with Crippen LogP contribution in [0.2, 0.25) is 0 Å². The summed E-state index contributed by atoms with van der Waals surface area (Å²) in [6, 6.07) is 0. The van der Waals surface area contributed by atoms with Crippen LogP contribution in [-0.4, -0.2) is 96.7 Å². The highest BCUT2D eigenvalue weighted by Crippen LogP contribution is 2.45. The minimum Gasteiger partial charge on any atom is -0.462 e. The van der Waals surface area contributed by atoms with Crippen LogP contribution < -0.4 is 0 Å². The van der Waals surface area contributed by atoms with Gasteiger partial charge in [0.05, 0.1) is 26.4 Å². The molecule has 0 spiro atoms. The van der Waals surface area contributed by atoms with E-state index in [1.165, 1.54) is 0 Å². The minimum absolute atomic E-state index is 0.0654. The minimum atomic E-state index is -4.99. The summed E-state index contributed by atoms with van der Waals surface area (Å²) in [7, 11) is -9.98. The average Bonchev–Trinajstić information content (AvgIpc) is 0.939. The molecule has 17 nitrogen and oxygen atoms in total. The van der Waals surface area contributed by atoms with Crippen molar-refractivity contribution in [1.29, 1.82) is 0 Å². The van der Waals surface area contributed by atoms with Gasteiger partial charge in [0, 0.05) is 25.7 Å². The molecule has 0 rings (SSSR count). The van der Waals surface area contributed by atoms with Gasteiger partial charge in [-0.3, -0.25) is 37.3 Å². The maximum atomic E-state index is 13.1. The number of phosphoric ester groups is 2. The molecule has 3 N–H and O–H groups in total. The lowest BCUT2D eigenvalue weighted by Gasteiger charge is -2.21. The number of esters is 4. The van der Waals surface area contributed by atoms with Gasteiger partial charge in [-0.25, -0.2) is 9.13 Å². The van der Waals surface area contributed by atoms with E-state index in [9.17, 15) is 43.2 Å². The van der Waals surface area contributed by atoms with Gasteiger partial charge >= 0.3 is 39.5 Å². The predicted octanol–water partition coefficient (Wildman–Crippen LogP) is 22.7. The number of aliphatic hydroxyl groups is 1. The van der Waals surface area contributed by atoms with Crippen molar-refractivity contribution in [2.24, 2.45) is 0 Å². The molecule has 0 heterocycles. The fraction of sp³-hybridized carbons (Fsp3) is 0.663. The van der Waals surface area contributed by atoms with E-state index in [1.54, 1.807) is 0 Å². The fourth-order valence-electron chi connectivity index (χ4n) is 9.92. The molecule has 0 bridgehead atoms. The third-order valence-electron chi connectivity index (χ3n) is 15.8. The molecule has 0 amide bonds. The Labute approximate surface area is 617 Å². The molecule has 0 aromatic rings. The molecule has 0 saturated heterocycles. The van der Waals surface area contributed by atoms with Crippen LogP contribution in [0.3, 0.4) is 0 Å². The third-order valence-corrected chi connectivity index (χ3v) is 17.7. The maximum Gasteiger partial charge on any atom is 0.472 e. The topological polar surface area (TPSA) is 237 Å². The van der Waals surface area contributed by atoms with Gasteiger partial charge in [-0.05, 0) is 154 Å². The van der Waals surface area contributed by atoms with E-state index in [0.717, 1.165) is 218 Å². The van der Waals surface area contributed by atoms with Gasteiger partial charge < -0.3 is 33.8 Å². The Balaban J connectivity index is 5.40. The summed E-state index contributed by atoms with van der Waals surface area (Å²) in [4.78, 5) is 73.0. The lowest BCUT2D eigenvalue weighted by atomic mass is 10.1. The first-order valence-corrected chi connectivity index (χ1v) is 42.1. The molecule has 0 aromatic carbocycles. The zero-order valence-electron chi connectivity index (χ0n) is 63.5. The van der Waals surface area contributed by atoms with Crippen molar-refractivity contribution >= 4 is 39.5 Å². The van der Waals surface area contributed by atoms with Crippen molar-refractivity contribution in [1.82, 2.24) is 0 Å². The second-order valence-electron chi connectivity index (χ2n) is 25.5. The molecule has 0 aromatic heterocycles. The normalized spacial score (nSPS) is 14.7. The summed E-state index contributed by atoms with van der Waals surface area (Å²) in [5.74, 6) is -2.25. The molecule has 0 radical (unpaired) electrons. The van der Waals surface area contributed by atoms with Crippen LogP contribution >= 0.6 is 15.6 Å². The van der Waals surface area contributed by atoms with Crippen LogP contribution in [0.25, 0.3) is 0 Å². The van der Waals surface area contributed by atoms with E-state index >= 15 is 0 Å². The molecule has 0 aliphatic heterocycles. The van der Waals surface area contributed by atoms with E-state index in [1.807, 2.05) is 0 Å². The Bertz CT molecular complexity index is 2510. The summed E-state index contributed by atoms with van der Waals surface area (Å²) in [6.45, 7) is 4.40. The number of ether oxygens (including phenoxy) is 4. The van der Waals surface area contributed by atoms with Crippen LogP contribution in [0, 0.1) is 0 Å². The largest absolute Gasteiger partial charge is 0.472 e. The van der Waals surface area contributed by atoms with Crippen LogP contribution in [-0.2, 0) is 65.4 Å². The first kappa shape index (κ1) is 96.9. The van der Waals surface area contributed by atoms with Crippen molar-refractivity contribution in [2.75, 3.05) is 39.6 Å². The van der Waals surface area contributed by atoms with Crippen molar-refractivity contribution < 1.29 is 80.2 Å². The van der Waals surface area contributed by atoms with E-state index in [2.05, 4.69) is 174 Å². The second-order valence-corrected chi connectivity index (χ2v) is 28.4. The van der Waals surface area contributed by atoms with Gasteiger partial charge in [-0.1, -0.05) is 263 Å². The standard InChI is InChI=1S/C83H138O17P2/c1-5-9-13-17-21-25-29-33-36-38-41-44-47-51-55-59-63-67-80(85)93-73-78(99-82(87)69-65-61-57-53-49-43-32-28-24-20-16-12-8-4)75-97-101(89,90)95-71-77(84)72-96-102(91,92)98-76-79(100-83(88)70-66-62-58-54-50-46-40-35-31-27-23-19-15-11-7-3)74-94-81(86)68-64-60-56-52-48-45-42-39-37-34-30-26-22-18-14-10-6-2/h9-11,13-16,20-23,25-28,32-37,40,42,45,77-79,84H,5-8,12,17-19,24,29-31,38-39,41,43-44,46-76H2,1-4H3,(H,89,90)(H,91,92)/b13-9-,14-10-,15-11-,20-16-,25-21-,26-22-,27-23-,32-28-,36-33-,37-34-,40-35-,45-42-. The molecule has 0 saturated carbocycles. The molecular formula is C83H138O17P2. The lowest BCUT2D eigenvalue weighted by Crippen LogP contribution is -2.30. The lowest BCUT2D eigenvalue weighted by molar-refractivity contribution is -0.161. The van der Waals surface area contributed by atoms with E-state index < -0.39 is 97.5 Å². The van der Waals surface area contributed by atoms with Crippen molar-refractivity contribution in [3.05, 3.63) is 146 Å². The second kappa shape index (κ2) is 74.2. The Morgan fingerprint density at radius 3 is 0.784 bits per heavy atom. The third kappa shape index (κ3) is 73.3. The SMILES string of the molecule is CC/C=C\C/C=C\C/C=C\C/C=C\CCCCCCC(=O)OCC(COP(=O)(O)OCC(O)COP(=O)(O)OCC(COC(=O)CCCCCCCCC/C=C\C/C=C\C/C=C\CC)OC(=O)CCCCCCC/C=C\C/C=C\CCC)OC(=O)CCCCCCC/C=C\C/C=C\C/C=C\CC. The number of phosphoric acid groups is 2. The van der Waals surface area contributed by atoms with Crippen molar-refractivity contribution in [3.63, 3.8) is 0 Å². The van der Waals surface area contributed by atoms with Crippen molar-refractivity contribution in [2.45, 2.75) is 316 Å². The molecule has 0 aliphatic carbocycles. The van der Waals surface area contributed by atoms with Gasteiger partial charge in [0.25, 0.3) is 0 Å². The Morgan fingerprint density at radius 1 is 0.284 bits per heavy atom. The summed E-state index contributed by atoms with van der Waals surface area (Å²) in [5.41, 5.74) is 0. The average molecular weight is 1470 g/mol. The molecule has 582 valence electrons. The fourth-order valence-corrected chi connectivity index (χ4v) is 11.5. The molecule has 5 unspecified atom stereocenters. The number of carbonyl (C=O) groups is 4. The van der Waals surface area contributed by atoms with Crippen LogP contribution in [0.4, 0.5) is 0 Å². The van der Waals surface area contributed by atoms with Gasteiger partial charge in [-0.2, -0.15) is 0 Å². The smallest absolute Gasteiger partial charge is 0.462 e. The van der Waals surface area contributed by atoms with Crippen molar-refractivity contribution in [3.8, 4) is 0 Å². The van der Waals surface area contributed by atoms with Crippen LogP contribution in [0.1, 0.15) is 297 Å². The van der Waals surface area contributed by atoms with Crippen LogP contribution in [0.15, 0.2) is 146 Å². The molecule has 0 fully saturated rings. The van der Waals surface area contributed by atoms with Gasteiger partial charge in [0.2, 0.25) is 0 Å². The van der Waals surface area contributed by atoms with E-state index in [-0.39, 0.29) is 25.7 Å². The summed E-state index contributed by atoms with van der Waals surface area (Å²) in [5, 5.41) is 10.6. The zero-order chi connectivity index (χ0) is 74.6. The van der Waals surface area contributed by atoms with Gasteiger partial charge in [0.1, 0.15) is 19.3 Å².